The third-order valence-electron chi connectivity index (χ3n) is 4.38. The summed E-state index contributed by atoms with van der Waals surface area (Å²) in [4.78, 5) is 6.46. The second-order valence-corrected chi connectivity index (χ2v) is 5.73. The standard InChI is InChI=1S/C19H22N2O3/c1-14-20-17-12-8-7-11-16(17)19(22,15-9-5-4-6-10-15)21(14)13-18(23-2)24-3/h4-12,18,22H,13H2,1-3H3. The van der Waals surface area contributed by atoms with Crippen LogP contribution >= 0.6 is 0 Å². The Morgan fingerprint density at radius 1 is 1.04 bits per heavy atom. The molecule has 1 unspecified atom stereocenters. The molecule has 0 radical (unpaired) electrons. The van der Waals surface area contributed by atoms with E-state index in [1.54, 1.807) is 14.2 Å². The van der Waals surface area contributed by atoms with Gasteiger partial charge in [0.25, 0.3) is 0 Å². The number of rotatable bonds is 5. The molecule has 5 nitrogen and oxygen atoms in total. The number of benzene rings is 2. The first kappa shape index (κ1) is 16.6. The smallest absolute Gasteiger partial charge is 0.194 e. The quantitative estimate of drug-likeness (QED) is 0.859. The summed E-state index contributed by atoms with van der Waals surface area (Å²) in [7, 11) is 3.17. The summed E-state index contributed by atoms with van der Waals surface area (Å²) < 4.78 is 10.7. The molecule has 0 bridgehead atoms. The molecule has 2 aromatic rings. The Balaban J connectivity index is 2.16. The van der Waals surface area contributed by atoms with Gasteiger partial charge in [-0.05, 0) is 13.0 Å². The summed E-state index contributed by atoms with van der Waals surface area (Å²) in [5, 5.41) is 11.8. The largest absolute Gasteiger partial charge is 0.363 e. The van der Waals surface area contributed by atoms with Gasteiger partial charge in [-0.15, -0.1) is 0 Å². The Morgan fingerprint density at radius 2 is 1.67 bits per heavy atom. The maximum atomic E-state index is 11.8. The van der Waals surface area contributed by atoms with E-state index in [1.165, 1.54) is 0 Å². The average Bonchev–Trinajstić information content (AvgIpc) is 2.62. The van der Waals surface area contributed by atoms with Crippen LogP contribution in [0.4, 0.5) is 5.69 Å². The Kier molecular flexibility index (Phi) is 4.66. The highest BCUT2D eigenvalue weighted by molar-refractivity contribution is 5.87. The molecule has 1 aliphatic heterocycles. The van der Waals surface area contributed by atoms with Crippen LogP contribution in [0.1, 0.15) is 18.1 Å². The van der Waals surface area contributed by atoms with Crippen LogP contribution < -0.4 is 0 Å². The topological polar surface area (TPSA) is 54.3 Å². The summed E-state index contributed by atoms with van der Waals surface area (Å²) >= 11 is 0. The lowest BCUT2D eigenvalue weighted by atomic mass is 9.89. The van der Waals surface area contributed by atoms with Gasteiger partial charge in [-0.25, -0.2) is 4.99 Å². The molecular weight excluding hydrogens is 304 g/mol. The lowest BCUT2D eigenvalue weighted by Gasteiger charge is -2.45. The minimum Gasteiger partial charge on any atom is -0.363 e. The zero-order valence-corrected chi connectivity index (χ0v) is 14.1. The molecule has 0 fully saturated rings. The Labute approximate surface area is 142 Å². The van der Waals surface area contributed by atoms with E-state index >= 15 is 0 Å². The summed E-state index contributed by atoms with van der Waals surface area (Å²) in [6, 6.07) is 17.2. The van der Waals surface area contributed by atoms with Crippen molar-refractivity contribution in [3.8, 4) is 0 Å². The highest BCUT2D eigenvalue weighted by atomic mass is 16.7. The second kappa shape index (κ2) is 6.73. The molecule has 1 N–H and O–H groups in total. The Bertz CT molecular complexity index is 728. The molecule has 0 spiro atoms. The average molecular weight is 326 g/mol. The normalized spacial score (nSPS) is 20.0. The predicted molar refractivity (Wildman–Crippen MR) is 93.2 cm³/mol. The van der Waals surface area contributed by atoms with Crippen LogP contribution in [0.2, 0.25) is 0 Å². The first-order chi connectivity index (χ1) is 11.6. The molecule has 126 valence electrons. The van der Waals surface area contributed by atoms with Gasteiger partial charge >= 0.3 is 0 Å². The van der Waals surface area contributed by atoms with E-state index in [0.717, 1.165) is 16.8 Å². The van der Waals surface area contributed by atoms with Gasteiger partial charge in [-0.2, -0.15) is 0 Å². The lowest BCUT2D eigenvalue weighted by molar-refractivity contribution is -0.140. The van der Waals surface area contributed by atoms with E-state index < -0.39 is 12.0 Å². The van der Waals surface area contributed by atoms with E-state index in [4.69, 9.17) is 9.47 Å². The molecule has 24 heavy (non-hydrogen) atoms. The number of nitrogens with zero attached hydrogens (tertiary/aromatic N) is 2. The monoisotopic (exact) mass is 326 g/mol. The van der Waals surface area contributed by atoms with Gasteiger partial charge < -0.3 is 19.5 Å². The fourth-order valence-electron chi connectivity index (χ4n) is 3.12. The van der Waals surface area contributed by atoms with Gasteiger partial charge in [-0.1, -0.05) is 48.5 Å². The molecule has 0 saturated heterocycles. The van der Waals surface area contributed by atoms with Crippen LogP contribution in [0.3, 0.4) is 0 Å². The summed E-state index contributed by atoms with van der Waals surface area (Å²) in [5.74, 6) is 0.708. The Hall–Kier alpha value is -2.21. The molecule has 2 aromatic carbocycles. The van der Waals surface area contributed by atoms with Crippen molar-refractivity contribution in [1.82, 2.24) is 4.90 Å². The number of para-hydroxylation sites is 1. The van der Waals surface area contributed by atoms with E-state index in [1.807, 2.05) is 66.4 Å². The maximum Gasteiger partial charge on any atom is 0.194 e. The number of methoxy groups -OCH3 is 2. The zero-order valence-electron chi connectivity index (χ0n) is 14.1. The molecule has 1 atom stereocenters. The number of hydrogen-bond acceptors (Lipinski definition) is 5. The van der Waals surface area contributed by atoms with Crippen molar-refractivity contribution in [2.75, 3.05) is 20.8 Å². The number of aliphatic hydroxyl groups is 1. The van der Waals surface area contributed by atoms with Crippen molar-refractivity contribution >= 4 is 11.5 Å². The van der Waals surface area contributed by atoms with Gasteiger partial charge in [0, 0.05) is 25.3 Å². The van der Waals surface area contributed by atoms with Crippen LogP contribution in [0.25, 0.3) is 0 Å². The summed E-state index contributed by atoms with van der Waals surface area (Å²) in [6.45, 7) is 2.23. The molecule has 0 aliphatic carbocycles. The minimum atomic E-state index is -1.33. The molecule has 3 rings (SSSR count). The lowest BCUT2D eigenvalue weighted by Crippen LogP contribution is -2.54. The third kappa shape index (κ3) is 2.71. The molecule has 0 aromatic heterocycles. The van der Waals surface area contributed by atoms with Gasteiger partial charge in [0.15, 0.2) is 12.0 Å². The highest BCUT2D eigenvalue weighted by Crippen LogP contribution is 2.42. The van der Waals surface area contributed by atoms with Crippen molar-refractivity contribution in [3.05, 3.63) is 65.7 Å². The van der Waals surface area contributed by atoms with E-state index in [-0.39, 0.29) is 0 Å². The van der Waals surface area contributed by atoms with Gasteiger partial charge in [0.2, 0.25) is 0 Å². The highest BCUT2D eigenvalue weighted by Gasteiger charge is 2.44. The van der Waals surface area contributed by atoms with Crippen LogP contribution in [0.5, 0.6) is 0 Å². The van der Waals surface area contributed by atoms with Crippen LogP contribution in [-0.2, 0) is 15.2 Å². The Morgan fingerprint density at radius 3 is 2.33 bits per heavy atom. The second-order valence-electron chi connectivity index (χ2n) is 5.73. The van der Waals surface area contributed by atoms with Gasteiger partial charge in [0.1, 0.15) is 5.84 Å². The van der Waals surface area contributed by atoms with E-state index in [9.17, 15) is 5.11 Å². The number of aliphatic imine (C=N–C) groups is 1. The first-order valence-corrected chi connectivity index (χ1v) is 7.87. The van der Waals surface area contributed by atoms with Crippen molar-refractivity contribution in [2.24, 2.45) is 4.99 Å². The van der Waals surface area contributed by atoms with E-state index in [2.05, 4.69) is 4.99 Å². The molecule has 1 aliphatic rings. The maximum absolute atomic E-state index is 11.8. The van der Waals surface area contributed by atoms with Crippen LogP contribution in [-0.4, -0.2) is 42.9 Å². The molecular formula is C19H22N2O3. The minimum absolute atomic E-state index is 0.349. The molecule has 5 heteroatoms. The number of amidine groups is 1. The fourth-order valence-corrected chi connectivity index (χ4v) is 3.12. The number of hydrogen-bond donors (Lipinski definition) is 1. The van der Waals surface area contributed by atoms with Gasteiger partial charge in [0.05, 0.1) is 12.2 Å². The summed E-state index contributed by atoms with van der Waals surface area (Å²) in [6.07, 6.45) is -0.476. The van der Waals surface area contributed by atoms with Gasteiger partial charge in [-0.3, -0.25) is 0 Å². The fraction of sp³-hybridized carbons (Fsp3) is 0.316. The van der Waals surface area contributed by atoms with Crippen molar-refractivity contribution < 1.29 is 14.6 Å². The molecule has 0 amide bonds. The van der Waals surface area contributed by atoms with Crippen LogP contribution in [0.15, 0.2) is 59.6 Å². The number of fused-ring (bicyclic) bond motifs is 1. The molecule has 1 heterocycles. The SMILES string of the molecule is COC(CN1C(C)=Nc2ccccc2C1(O)c1ccccc1)OC. The third-order valence-corrected chi connectivity index (χ3v) is 4.38. The van der Waals surface area contributed by atoms with Crippen molar-refractivity contribution in [2.45, 2.75) is 18.9 Å². The summed E-state index contributed by atoms with van der Waals surface area (Å²) in [5.41, 5.74) is 0.952. The zero-order chi connectivity index (χ0) is 17.2. The van der Waals surface area contributed by atoms with Crippen molar-refractivity contribution in [3.63, 3.8) is 0 Å². The van der Waals surface area contributed by atoms with Crippen molar-refractivity contribution in [1.29, 1.82) is 0 Å². The molecule has 0 saturated carbocycles. The first-order valence-electron chi connectivity index (χ1n) is 7.87. The number of ether oxygens (including phenoxy) is 2. The van der Waals surface area contributed by atoms with Crippen LogP contribution in [0, 0.1) is 0 Å². The predicted octanol–water partition coefficient (Wildman–Crippen LogP) is 2.86. The van der Waals surface area contributed by atoms with E-state index in [0.29, 0.717) is 12.4 Å².